The van der Waals surface area contributed by atoms with Crippen molar-refractivity contribution < 1.29 is 0 Å². The standard InChI is InChI=1S/C13H20ClN5/c1-2-3-9-16-13(19-14)18-12(15)17-10-11-7-5-4-6-8-11/h4-8H,2-3,9-10H2,1H3,(H4,15,16,17,18,19). The van der Waals surface area contributed by atoms with E-state index in [0.29, 0.717) is 12.5 Å². The molecule has 0 saturated carbocycles. The zero-order chi connectivity index (χ0) is 13.9. The van der Waals surface area contributed by atoms with E-state index in [-0.39, 0.29) is 5.96 Å². The molecule has 0 radical (unpaired) electrons. The van der Waals surface area contributed by atoms with Gasteiger partial charge < -0.3 is 10.6 Å². The molecule has 0 aliphatic heterocycles. The van der Waals surface area contributed by atoms with Gasteiger partial charge in [0.25, 0.3) is 0 Å². The van der Waals surface area contributed by atoms with Crippen LogP contribution in [0.5, 0.6) is 0 Å². The Morgan fingerprint density at radius 1 is 1.26 bits per heavy atom. The Labute approximate surface area is 119 Å². The average Bonchev–Trinajstić information content (AvgIpc) is 2.45. The Morgan fingerprint density at radius 2 is 2.00 bits per heavy atom. The molecule has 1 rings (SSSR count). The Bertz CT molecular complexity index is 405. The lowest BCUT2D eigenvalue weighted by Gasteiger charge is -2.12. The van der Waals surface area contributed by atoms with Crippen molar-refractivity contribution in [2.24, 2.45) is 4.51 Å². The summed E-state index contributed by atoms with van der Waals surface area (Å²) in [6, 6.07) is 9.88. The maximum atomic E-state index is 7.75. The third-order valence-electron chi connectivity index (χ3n) is 2.46. The molecule has 4 N–H and O–H groups in total. The zero-order valence-electron chi connectivity index (χ0n) is 11.0. The number of benzene rings is 1. The van der Waals surface area contributed by atoms with Crippen LogP contribution >= 0.6 is 11.8 Å². The summed E-state index contributed by atoms with van der Waals surface area (Å²) >= 11 is 5.45. The van der Waals surface area contributed by atoms with E-state index in [0.717, 1.165) is 24.9 Å². The lowest BCUT2D eigenvalue weighted by molar-refractivity contribution is 0.745. The first-order valence-corrected chi connectivity index (χ1v) is 6.66. The van der Waals surface area contributed by atoms with Crippen LogP contribution in [-0.4, -0.2) is 18.5 Å². The summed E-state index contributed by atoms with van der Waals surface area (Å²) < 4.78 is 3.54. The number of nitrogens with zero attached hydrogens (tertiary/aromatic N) is 1. The second-order valence-electron chi connectivity index (χ2n) is 4.05. The molecule has 0 aliphatic carbocycles. The van der Waals surface area contributed by atoms with Crippen LogP contribution in [-0.2, 0) is 6.54 Å². The van der Waals surface area contributed by atoms with E-state index in [2.05, 4.69) is 27.4 Å². The van der Waals surface area contributed by atoms with E-state index < -0.39 is 0 Å². The van der Waals surface area contributed by atoms with Crippen LogP contribution in [0.25, 0.3) is 0 Å². The average molecular weight is 282 g/mol. The third-order valence-corrected chi connectivity index (χ3v) is 2.63. The second-order valence-corrected chi connectivity index (χ2v) is 4.22. The molecular weight excluding hydrogens is 262 g/mol. The molecule has 0 bridgehead atoms. The highest BCUT2D eigenvalue weighted by atomic mass is 35.5. The van der Waals surface area contributed by atoms with E-state index >= 15 is 0 Å². The van der Waals surface area contributed by atoms with Crippen LogP contribution in [0.1, 0.15) is 25.3 Å². The van der Waals surface area contributed by atoms with E-state index in [1.807, 2.05) is 30.3 Å². The molecule has 0 fully saturated rings. The lowest BCUT2D eigenvalue weighted by atomic mass is 10.2. The van der Waals surface area contributed by atoms with Crippen LogP contribution in [0.15, 0.2) is 34.8 Å². The Hall–Kier alpha value is -1.75. The summed E-state index contributed by atoms with van der Waals surface area (Å²) in [5.74, 6) is 0.549. The van der Waals surface area contributed by atoms with Crippen molar-refractivity contribution in [3.8, 4) is 0 Å². The molecule has 0 aromatic heterocycles. The summed E-state index contributed by atoms with van der Waals surface area (Å²) in [5, 5.41) is 16.5. The zero-order valence-corrected chi connectivity index (χ0v) is 11.8. The molecule has 0 amide bonds. The number of nitrogens with one attached hydrogen (secondary N) is 4. The SMILES string of the molecule is CCCCNC(=NCl)NC(=N)NCc1ccccc1. The predicted molar refractivity (Wildman–Crippen MR) is 80.3 cm³/mol. The van der Waals surface area contributed by atoms with Gasteiger partial charge in [-0.1, -0.05) is 43.7 Å². The molecule has 1 aromatic carbocycles. The second kappa shape index (κ2) is 9.22. The molecule has 6 heteroatoms. The van der Waals surface area contributed by atoms with Crippen molar-refractivity contribution in [2.75, 3.05) is 6.54 Å². The van der Waals surface area contributed by atoms with Crippen molar-refractivity contribution in [3.63, 3.8) is 0 Å². The van der Waals surface area contributed by atoms with Crippen LogP contribution in [0.4, 0.5) is 0 Å². The van der Waals surface area contributed by atoms with E-state index in [1.54, 1.807) is 0 Å². The minimum atomic E-state index is 0.159. The Kier molecular flexibility index (Phi) is 7.43. The van der Waals surface area contributed by atoms with E-state index in [1.165, 1.54) is 0 Å². The van der Waals surface area contributed by atoms with Gasteiger partial charge in [-0.3, -0.25) is 10.7 Å². The first kappa shape index (κ1) is 15.3. The number of hydrogen-bond donors (Lipinski definition) is 4. The molecule has 0 unspecified atom stereocenters. The summed E-state index contributed by atoms with van der Waals surface area (Å²) in [5.41, 5.74) is 1.11. The van der Waals surface area contributed by atoms with Crippen molar-refractivity contribution in [1.29, 1.82) is 5.41 Å². The van der Waals surface area contributed by atoms with E-state index in [4.69, 9.17) is 17.2 Å². The van der Waals surface area contributed by atoms with Gasteiger partial charge >= 0.3 is 0 Å². The van der Waals surface area contributed by atoms with Gasteiger partial charge in [0, 0.05) is 24.9 Å². The quantitative estimate of drug-likeness (QED) is 0.380. The molecule has 0 saturated heterocycles. The van der Waals surface area contributed by atoms with Gasteiger partial charge in [-0.15, -0.1) is 4.51 Å². The minimum absolute atomic E-state index is 0.159. The molecule has 19 heavy (non-hydrogen) atoms. The lowest BCUT2D eigenvalue weighted by Crippen LogP contribution is -2.46. The summed E-state index contributed by atoms with van der Waals surface area (Å²) in [4.78, 5) is 0. The topological polar surface area (TPSA) is 72.3 Å². The van der Waals surface area contributed by atoms with Crippen LogP contribution in [0, 0.1) is 5.41 Å². The number of rotatable bonds is 5. The Balaban J connectivity index is 2.29. The van der Waals surface area contributed by atoms with Gasteiger partial charge in [0.15, 0.2) is 5.96 Å². The van der Waals surface area contributed by atoms with Crippen molar-refractivity contribution >= 4 is 23.7 Å². The molecule has 0 aliphatic rings. The highest BCUT2D eigenvalue weighted by Crippen LogP contribution is 1.96. The van der Waals surface area contributed by atoms with Crippen LogP contribution < -0.4 is 16.0 Å². The smallest absolute Gasteiger partial charge is 0.215 e. The van der Waals surface area contributed by atoms with E-state index in [9.17, 15) is 0 Å². The Morgan fingerprint density at radius 3 is 2.63 bits per heavy atom. The maximum Gasteiger partial charge on any atom is 0.215 e. The molecule has 0 spiro atoms. The van der Waals surface area contributed by atoms with Gasteiger partial charge in [0.1, 0.15) is 0 Å². The fraction of sp³-hybridized carbons (Fsp3) is 0.385. The van der Waals surface area contributed by atoms with Gasteiger partial charge in [0.05, 0.1) is 0 Å². The fourth-order valence-corrected chi connectivity index (χ4v) is 1.53. The molecular formula is C13H20ClN5. The molecule has 1 aromatic rings. The summed E-state index contributed by atoms with van der Waals surface area (Å²) in [7, 11) is 0. The predicted octanol–water partition coefficient (Wildman–Crippen LogP) is 2.20. The first-order valence-electron chi connectivity index (χ1n) is 6.32. The fourth-order valence-electron chi connectivity index (χ4n) is 1.43. The van der Waals surface area contributed by atoms with Crippen molar-refractivity contribution in [3.05, 3.63) is 35.9 Å². The highest BCUT2D eigenvalue weighted by Gasteiger charge is 2.01. The normalized spacial score (nSPS) is 10.9. The van der Waals surface area contributed by atoms with Gasteiger partial charge in [-0.2, -0.15) is 0 Å². The van der Waals surface area contributed by atoms with Crippen LogP contribution in [0.3, 0.4) is 0 Å². The largest absolute Gasteiger partial charge is 0.355 e. The van der Waals surface area contributed by atoms with Crippen molar-refractivity contribution in [2.45, 2.75) is 26.3 Å². The number of unbranched alkanes of at least 4 members (excludes halogenated alkanes) is 1. The van der Waals surface area contributed by atoms with Gasteiger partial charge in [-0.25, -0.2) is 0 Å². The van der Waals surface area contributed by atoms with Gasteiger partial charge in [0.2, 0.25) is 5.96 Å². The molecule has 5 nitrogen and oxygen atoms in total. The third kappa shape index (κ3) is 6.67. The monoisotopic (exact) mass is 281 g/mol. The molecule has 0 heterocycles. The molecule has 104 valence electrons. The van der Waals surface area contributed by atoms with Crippen LogP contribution in [0.2, 0.25) is 0 Å². The van der Waals surface area contributed by atoms with Crippen molar-refractivity contribution in [1.82, 2.24) is 16.0 Å². The molecule has 0 atom stereocenters. The summed E-state index contributed by atoms with van der Waals surface area (Å²) in [6.45, 7) is 3.47. The highest BCUT2D eigenvalue weighted by molar-refractivity contribution is 6.20. The number of hydrogen-bond acceptors (Lipinski definition) is 2. The number of halogens is 1. The van der Waals surface area contributed by atoms with Gasteiger partial charge in [-0.05, 0) is 12.0 Å². The maximum absolute atomic E-state index is 7.75. The first-order chi connectivity index (χ1) is 9.26. The minimum Gasteiger partial charge on any atom is -0.355 e. The summed E-state index contributed by atoms with van der Waals surface area (Å²) in [6.07, 6.45) is 2.12. The number of guanidine groups is 2.